The van der Waals surface area contributed by atoms with E-state index < -0.39 is 17.7 Å². The Morgan fingerprint density at radius 1 is 0.950 bits per heavy atom. The lowest BCUT2D eigenvalue weighted by Crippen LogP contribution is -2.30. The van der Waals surface area contributed by atoms with Crippen LogP contribution in [0.2, 0.25) is 0 Å². The number of aliphatic carboxylic acids is 1. The molecule has 214 valence electrons. The molecule has 3 rings (SSSR count). The Morgan fingerprint density at radius 2 is 1.62 bits per heavy atom. The van der Waals surface area contributed by atoms with Crippen molar-refractivity contribution in [3.63, 3.8) is 0 Å². The number of carboxylic acid groups (broad SMARTS) is 1. The van der Waals surface area contributed by atoms with Crippen LogP contribution in [0.15, 0.2) is 54.6 Å². The molecule has 5 nitrogen and oxygen atoms in total. The number of nitrogens with one attached hydrogen (secondary N) is 1. The Morgan fingerprint density at radius 3 is 2.23 bits per heavy atom. The summed E-state index contributed by atoms with van der Waals surface area (Å²) in [5.41, 5.74) is 3.71. The predicted molar refractivity (Wildman–Crippen MR) is 148 cm³/mol. The number of carbonyl (C=O) groups is 2. The van der Waals surface area contributed by atoms with E-state index in [1.807, 2.05) is 26.0 Å². The van der Waals surface area contributed by atoms with E-state index in [0.29, 0.717) is 29.2 Å². The number of hydrogen-bond donors (Lipinski definition) is 2. The largest absolute Gasteiger partial charge is 0.489 e. The number of ether oxygens (including phenoxy) is 1. The molecular formula is C32H36F3NO4. The molecule has 1 unspecified atom stereocenters. The summed E-state index contributed by atoms with van der Waals surface area (Å²) in [6.45, 7) is 9.42. The van der Waals surface area contributed by atoms with Crippen LogP contribution in [-0.2, 0) is 24.0 Å². The number of aryl methyl sites for hydroxylation is 4. The molecule has 3 aromatic rings. The lowest BCUT2D eigenvalue weighted by molar-refractivity contribution is -0.138. The zero-order valence-corrected chi connectivity index (χ0v) is 23.5. The van der Waals surface area contributed by atoms with E-state index in [0.717, 1.165) is 22.8 Å². The highest BCUT2D eigenvalue weighted by Gasteiger charge is 2.32. The molecule has 40 heavy (non-hydrogen) atoms. The SMILES string of the molecule is Cc1cc(C)cc(C(CC(C)C)NC(=O)c2cc(OCc3ccc(C)c(C(F)(F)F)c3)ccc2CCC(=O)O)c1. The fraction of sp³-hybridized carbons (Fsp3) is 0.375. The van der Waals surface area contributed by atoms with Crippen LogP contribution >= 0.6 is 0 Å². The van der Waals surface area contributed by atoms with Crippen molar-refractivity contribution in [3.05, 3.63) is 99.1 Å². The number of hydrogen-bond acceptors (Lipinski definition) is 3. The molecule has 1 atom stereocenters. The molecule has 0 radical (unpaired) electrons. The van der Waals surface area contributed by atoms with Crippen molar-refractivity contribution in [2.45, 2.75) is 72.7 Å². The number of carboxylic acids is 1. The first kappa shape index (κ1) is 30.7. The molecule has 0 saturated carbocycles. The van der Waals surface area contributed by atoms with Gasteiger partial charge in [0.1, 0.15) is 12.4 Å². The van der Waals surface area contributed by atoms with Crippen LogP contribution in [0.25, 0.3) is 0 Å². The third-order valence-corrected chi connectivity index (χ3v) is 6.61. The molecule has 0 spiro atoms. The van der Waals surface area contributed by atoms with Gasteiger partial charge in [0.05, 0.1) is 11.6 Å². The van der Waals surface area contributed by atoms with Gasteiger partial charge in [-0.1, -0.05) is 61.4 Å². The highest BCUT2D eigenvalue weighted by molar-refractivity contribution is 5.96. The molecule has 0 aliphatic heterocycles. The summed E-state index contributed by atoms with van der Waals surface area (Å²) in [5, 5.41) is 12.3. The first-order valence-electron chi connectivity index (χ1n) is 13.3. The van der Waals surface area contributed by atoms with Crippen molar-refractivity contribution in [2.75, 3.05) is 0 Å². The van der Waals surface area contributed by atoms with Crippen LogP contribution in [-0.4, -0.2) is 17.0 Å². The molecule has 0 heterocycles. The quantitative estimate of drug-likeness (QED) is 0.254. The third-order valence-electron chi connectivity index (χ3n) is 6.61. The highest BCUT2D eigenvalue weighted by Crippen LogP contribution is 2.33. The van der Waals surface area contributed by atoms with Crippen LogP contribution in [0.5, 0.6) is 5.75 Å². The average molecular weight is 556 g/mol. The second kappa shape index (κ2) is 13.0. The summed E-state index contributed by atoms with van der Waals surface area (Å²) < 4.78 is 45.8. The van der Waals surface area contributed by atoms with E-state index in [1.165, 1.54) is 19.1 Å². The maximum Gasteiger partial charge on any atom is 0.416 e. The molecule has 0 aliphatic carbocycles. The number of halogens is 3. The van der Waals surface area contributed by atoms with E-state index in [9.17, 15) is 27.9 Å². The van der Waals surface area contributed by atoms with Crippen LogP contribution in [0.3, 0.4) is 0 Å². The van der Waals surface area contributed by atoms with Crippen molar-refractivity contribution in [1.29, 1.82) is 0 Å². The zero-order chi connectivity index (χ0) is 29.6. The first-order chi connectivity index (χ1) is 18.7. The molecule has 3 aromatic carbocycles. The van der Waals surface area contributed by atoms with Gasteiger partial charge in [0.15, 0.2) is 0 Å². The summed E-state index contributed by atoms with van der Waals surface area (Å²) >= 11 is 0. The number of benzene rings is 3. The molecule has 1 amide bonds. The zero-order valence-electron chi connectivity index (χ0n) is 23.5. The Kier molecular flexibility index (Phi) is 10.0. The van der Waals surface area contributed by atoms with Gasteiger partial charge in [-0.05, 0) is 80.0 Å². The second-order valence-corrected chi connectivity index (χ2v) is 10.7. The predicted octanol–water partition coefficient (Wildman–Crippen LogP) is 7.74. The topological polar surface area (TPSA) is 75.6 Å². The fourth-order valence-corrected chi connectivity index (χ4v) is 4.74. The number of carbonyl (C=O) groups excluding carboxylic acids is 1. The number of alkyl halides is 3. The minimum Gasteiger partial charge on any atom is -0.489 e. The Bertz CT molecular complexity index is 1340. The minimum absolute atomic E-state index is 0.123. The highest BCUT2D eigenvalue weighted by atomic mass is 19.4. The Hall–Kier alpha value is -3.81. The summed E-state index contributed by atoms with van der Waals surface area (Å²) in [7, 11) is 0. The van der Waals surface area contributed by atoms with Gasteiger partial charge < -0.3 is 15.2 Å². The number of amides is 1. The van der Waals surface area contributed by atoms with Gasteiger partial charge in [-0.15, -0.1) is 0 Å². The summed E-state index contributed by atoms with van der Waals surface area (Å²) in [6.07, 6.45) is -3.79. The lowest BCUT2D eigenvalue weighted by Gasteiger charge is -2.23. The normalized spacial score (nSPS) is 12.3. The Labute approximate surface area is 233 Å². The van der Waals surface area contributed by atoms with E-state index in [2.05, 4.69) is 25.2 Å². The molecule has 2 N–H and O–H groups in total. The van der Waals surface area contributed by atoms with Crippen LogP contribution < -0.4 is 10.1 Å². The maximum absolute atomic E-state index is 13.6. The number of rotatable bonds is 11. The molecule has 0 aliphatic rings. The molecular weight excluding hydrogens is 519 g/mol. The van der Waals surface area contributed by atoms with Crippen LogP contribution in [0.1, 0.15) is 82.0 Å². The van der Waals surface area contributed by atoms with Gasteiger partial charge in [-0.2, -0.15) is 13.2 Å². The van der Waals surface area contributed by atoms with Gasteiger partial charge >= 0.3 is 12.1 Å². The van der Waals surface area contributed by atoms with Gasteiger partial charge in [0.2, 0.25) is 0 Å². The molecule has 8 heteroatoms. The van der Waals surface area contributed by atoms with Gasteiger partial charge in [0.25, 0.3) is 5.91 Å². The molecule has 0 bridgehead atoms. The van der Waals surface area contributed by atoms with E-state index in [-0.39, 0.29) is 42.5 Å². The van der Waals surface area contributed by atoms with E-state index in [1.54, 1.807) is 18.2 Å². The van der Waals surface area contributed by atoms with Crippen molar-refractivity contribution in [1.82, 2.24) is 5.32 Å². The van der Waals surface area contributed by atoms with Gasteiger partial charge in [-0.3, -0.25) is 9.59 Å². The van der Waals surface area contributed by atoms with Crippen LogP contribution in [0.4, 0.5) is 13.2 Å². The van der Waals surface area contributed by atoms with E-state index >= 15 is 0 Å². The average Bonchev–Trinajstić information content (AvgIpc) is 2.85. The van der Waals surface area contributed by atoms with Crippen molar-refractivity contribution in [3.8, 4) is 5.75 Å². The standard InChI is InChI=1S/C32H36F3NO4/c1-19(2)12-29(25-14-20(3)13-21(4)15-25)36-31(39)27-17-26(10-8-24(27)9-11-30(37)38)40-18-23-7-6-22(5)28(16-23)32(33,34)35/h6-8,10,13-17,19,29H,9,11-12,18H2,1-5H3,(H,36,39)(H,37,38). The Balaban J connectivity index is 1.90. The second-order valence-electron chi connectivity index (χ2n) is 10.7. The smallest absolute Gasteiger partial charge is 0.416 e. The minimum atomic E-state index is -4.47. The van der Waals surface area contributed by atoms with Crippen molar-refractivity contribution in [2.24, 2.45) is 5.92 Å². The lowest BCUT2D eigenvalue weighted by atomic mass is 9.93. The van der Waals surface area contributed by atoms with E-state index in [4.69, 9.17) is 4.74 Å². The third kappa shape index (κ3) is 8.60. The molecule has 0 aromatic heterocycles. The van der Waals surface area contributed by atoms with Gasteiger partial charge in [-0.25, -0.2) is 0 Å². The van der Waals surface area contributed by atoms with Crippen LogP contribution in [0, 0.1) is 26.7 Å². The first-order valence-corrected chi connectivity index (χ1v) is 13.3. The fourth-order valence-electron chi connectivity index (χ4n) is 4.74. The summed E-state index contributed by atoms with van der Waals surface area (Å²) in [4.78, 5) is 24.9. The van der Waals surface area contributed by atoms with Crippen molar-refractivity contribution >= 4 is 11.9 Å². The van der Waals surface area contributed by atoms with Gasteiger partial charge in [0, 0.05) is 12.0 Å². The van der Waals surface area contributed by atoms with Crippen molar-refractivity contribution < 1.29 is 32.6 Å². The monoisotopic (exact) mass is 555 g/mol. The molecule has 0 fully saturated rings. The maximum atomic E-state index is 13.6. The summed E-state index contributed by atoms with van der Waals surface area (Å²) in [6, 6.07) is 14.7. The summed E-state index contributed by atoms with van der Waals surface area (Å²) in [5.74, 6) is -0.765. The molecule has 0 saturated heterocycles.